The van der Waals surface area contributed by atoms with Crippen molar-refractivity contribution in [3.63, 3.8) is 0 Å². The van der Waals surface area contributed by atoms with E-state index in [-0.39, 0.29) is 23.3 Å². The first kappa shape index (κ1) is 19.3. The number of H-pyrrole nitrogens is 1. The molecule has 3 rings (SSSR count). The number of aromatic amines is 1. The van der Waals surface area contributed by atoms with Crippen LogP contribution in [0.4, 0.5) is 0 Å². The average molecular weight is 389 g/mol. The number of amides is 1. The summed E-state index contributed by atoms with van der Waals surface area (Å²) in [6.07, 6.45) is 1.44. The van der Waals surface area contributed by atoms with E-state index < -0.39 is 0 Å². The SMILES string of the molecule is CCCc1cc(=O)[nH]c(SCC(=O)N(C)C[C@H]2COc3ccccc3O2)n1. The van der Waals surface area contributed by atoms with Gasteiger partial charge in [0.05, 0.1) is 12.3 Å². The maximum absolute atomic E-state index is 12.4. The molecule has 0 saturated heterocycles. The molecule has 1 aliphatic rings. The van der Waals surface area contributed by atoms with Gasteiger partial charge in [-0.1, -0.05) is 37.2 Å². The van der Waals surface area contributed by atoms with Gasteiger partial charge in [0.1, 0.15) is 6.61 Å². The number of likely N-dealkylation sites (N-methyl/N-ethyl adjacent to an activating group) is 1. The molecule has 8 heteroatoms. The van der Waals surface area contributed by atoms with Crippen molar-refractivity contribution in [1.29, 1.82) is 0 Å². The fourth-order valence-corrected chi connectivity index (χ4v) is 3.57. The summed E-state index contributed by atoms with van der Waals surface area (Å²) in [4.78, 5) is 32.8. The van der Waals surface area contributed by atoms with E-state index in [1.165, 1.54) is 17.8 Å². The molecule has 0 radical (unpaired) electrons. The highest BCUT2D eigenvalue weighted by Gasteiger charge is 2.23. The lowest BCUT2D eigenvalue weighted by Crippen LogP contribution is -2.42. The maximum atomic E-state index is 12.4. The van der Waals surface area contributed by atoms with Gasteiger partial charge in [0.25, 0.3) is 5.56 Å². The molecule has 1 atom stereocenters. The van der Waals surface area contributed by atoms with Gasteiger partial charge in [-0.25, -0.2) is 4.98 Å². The van der Waals surface area contributed by atoms with Crippen LogP contribution in [0.3, 0.4) is 0 Å². The van der Waals surface area contributed by atoms with Crippen molar-refractivity contribution in [3.8, 4) is 11.5 Å². The van der Waals surface area contributed by atoms with Crippen LogP contribution in [0.15, 0.2) is 40.3 Å². The lowest BCUT2D eigenvalue weighted by molar-refractivity contribution is -0.128. The number of hydrogen-bond donors (Lipinski definition) is 1. The minimum Gasteiger partial charge on any atom is -0.486 e. The molecule has 144 valence electrons. The fraction of sp³-hybridized carbons (Fsp3) is 0.421. The van der Waals surface area contributed by atoms with Crippen molar-refractivity contribution in [3.05, 3.63) is 46.4 Å². The monoisotopic (exact) mass is 389 g/mol. The highest BCUT2D eigenvalue weighted by molar-refractivity contribution is 7.99. The Hall–Kier alpha value is -2.48. The lowest BCUT2D eigenvalue weighted by Gasteiger charge is -2.29. The van der Waals surface area contributed by atoms with Crippen molar-refractivity contribution in [1.82, 2.24) is 14.9 Å². The molecule has 1 aliphatic heterocycles. The summed E-state index contributed by atoms with van der Waals surface area (Å²) in [6, 6.07) is 8.99. The van der Waals surface area contributed by atoms with Crippen LogP contribution in [0.25, 0.3) is 0 Å². The third kappa shape index (κ3) is 5.26. The number of aromatic nitrogens is 2. The second-order valence-corrected chi connectivity index (χ2v) is 7.32. The molecule has 0 saturated carbocycles. The van der Waals surface area contributed by atoms with Gasteiger partial charge >= 0.3 is 0 Å². The molecule has 0 unspecified atom stereocenters. The van der Waals surface area contributed by atoms with Gasteiger partial charge in [0, 0.05) is 18.8 Å². The van der Waals surface area contributed by atoms with E-state index in [1.807, 2.05) is 31.2 Å². The number of carbonyl (C=O) groups is 1. The number of carbonyl (C=O) groups excluding carboxylic acids is 1. The van der Waals surface area contributed by atoms with Gasteiger partial charge in [-0.3, -0.25) is 9.59 Å². The first-order chi connectivity index (χ1) is 13.0. The molecule has 7 nitrogen and oxygen atoms in total. The van der Waals surface area contributed by atoms with Gasteiger partial charge in [-0.2, -0.15) is 0 Å². The quantitative estimate of drug-likeness (QED) is 0.577. The Balaban J connectivity index is 1.52. The highest BCUT2D eigenvalue weighted by Crippen LogP contribution is 2.31. The number of thioether (sulfide) groups is 1. The second-order valence-electron chi connectivity index (χ2n) is 6.35. The van der Waals surface area contributed by atoms with Gasteiger partial charge in [-0.15, -0.1) is 0 Å². The van der Waals surface area contributed by atoms with E-state index >= 15 is 0 Å². The number of benzene rings is 1. The zero-order valence-corrected chi connectivity index (χ0v) is 16.3. The highest BCUT2D eigenvalue weighted by atomic mass is 32.2. The Labute approximate surface area is 162 Å². The van der Waals surface area contributed by atoms with E-state index in [0.717, 1.165) is 24.3 Å². The van der Waals surface area contributed by atoms with Gasteiger partial charge in [0.2, 0.25) is 5.91 Å². The number of nitrogens with one attached hydrogen (secondary N) is 1. The number of nitrogens with zero attached hydrogens (tertiary/aromatic N) is 2. The average Bonchev–Trinajstić information content (AvgIpc) is 2.66. The number of hydrogen-bond acceptors (Lipinski definition) is 6. The number of para-hydroxylation sites is 2. The van der Waals surface area contributed by atoms with Crippen LogP contribution in [0.1, 0.15) is 19.0 Å². The Morgan fingerprint density at radius 3 is 2.93 bits per heavy atom. The molecule has 1 aromatic carbocycles. The topological polar surface area (TPSA) is 84.5 Å². The standard InChI is InChI=1S/C19H23N3O4S/c1-3-6-13-9-17(23)21-19(20-13)27-12-18(24)22(2)10-14-11-25-15-7-4-5-8-16(15)26-14/h4-5,7-9,14H,3,6,10-12H2,1-2H3,(H,20,21,23)/t14-/m0/s1. The van der Waals surface area contributed by atoms with Crippen LogP contribution in [-0.2, 0) is 11.2 Å². The summed E-state index contributed by atoms with van der Waals surface area (Å²) in [5, 5.41) is 0.471. The van der Waals surface area contributed by atoms with E-state index in [1.54, 1.807) is 11.9 Å². The summed E-state index contributed by atoms with van der Waals surface area (Å²) in [5.41, 5.74) is 0.555. The van der Waals surface area contributed by atoms with Gasteiger partial charge < -0.3 is 19.4 Å². The molecule has 2 aromatic rings. The predicted molar refractivity (Wildman–Crippen MR) is 104 cm³/mol. The fourth-order valence-electron chi connectivity index (χ4n) is 2.74. The zero-order valence-electron chi connectivity index (χ0n) is 15.4. The molecule has 0 spiro atoms. The minimum atomic E-state index is -0.218. The third-order valence-corrected chi connectivity index (χ3v) is 4.94. The normalized spacial score (nSPS) is 15.4. The summed E-state index contributed by atoms with van der Waals surface area (Å²) in [6.45, 7) is 2.85. The first-order valence-corrected chi connectivity index (χ1v) is 9.89. The van der Waals surface area contributed by atoms with E-state index in [0.29, 0.717) is 24.1 Å². The van der Waals surface area contributed by atoms with Crippen molar-refractivity contribution in [2.75, 3.05) is 26.0 Å². The molecule has 2 heterocycles. The van der Waals surface area contributed by atoms with Crippen LogP contribution in [-0.4, -0.2) is 52.8 Å². The summed E-state index contributed by atoms with van der Waals surface area (Å²) in [7, 11) is 1.73. The Morgan fingerprint density at radius 2 is 2.15 bits per heavy atom. The number of rotatable bonds is 7. The van der Waals surface area contributed by atoms with Crippen LogP contribution >= 0.6 is 11.8 Å². The summed E-state index contributed by atoms with van der Waals surface area (Å²) < 4.78 is 11.6. The molecular formula is C19H23N3O4S. The van der Waals surface area contributed by atoms with Crippen LogP contribution in [0.2, 0.25) is 0 Å². The lowest BCUT2D eigenvalue weighted by atomic mass is 10.2. The molecule has 1 amide bonds. The van der Waals surface area contributed by atoms with Crippen LogP contribution in [0, 0.1) is 0 Å². The molecular weight excluding hydrogens is 366 g/mol. The number of aryl methyl sites for hydroxylation is 1. The second kappa shape index (κ2) is 8.94. The third-order valence-electron chi connectivity index (χ3n) is 4.08. The first-order valence-electron chi connectivity index (χ1n) is 8.90. The molecule has 0 bridgehead atoms. The van der Waals surface area contributed by atoms with Crippen molar-refractivity contribution < 1.29 is 14.3 Å². The number of ether oxygens (including phenoxy) is 2. The van der Waals surface area contributed by atoms with Gasteiger partial charge in [-0.05, 0) is 18.6 Å². The Morgan fingerprint density at radius 1 is 1.37 bits per heavy atom. The van der Waals surface area contributed by atoms with Crippen molar-refractivity contribution in [2.24, 2.45) is 0 Å². The molecule has 0 fully saturated rings. The van der Waals surface area contributed by atoms with Crippen LogP contribution < -0.4 is 15.0 Å². The summed E-state index contributed by atoms with van der Waals surface area (Å²) >= 11 is 1.23. The van der Waals surface area contributed by atoms with E-state index in [2.05, 4.69) is 9.97 Å². The Bertz CT molecular complexity index is 855. The molecule has 1 aromatic heterocycles. The van der Waals surface area contributed by atoms with Gasteiger partial charge in [0.15, 0.2) is 22.8 Å². The molecule has 27 heavy (non-hydrogen) atoms. The van der Waals surface area contributed by atoms with E-state index in [4.69, 9.17) is 9.47 Å². The van der Waals surface area contributed by atoms with Crippen molar-refractivity contribution in [2.45, 2.75) is 31.0 Å². The molecule has 0 aliphatic carbocycles. The predicted octanol–water partition coefficient (Wildman–Crippen LogP) is 2.11. The number of fused-ring (bicyclic) bond motifs is 1. The van der Waals surface area contributed by atoms with E-state index in [9.17, 15) is 9.59 Å². The smallest absolute Gasteiger partial charge is 0.251 e. The zero-order chi connectivity index (χ0) is 19.2. The van der Waals surface area contributed by atoms with Crippen molar-refractivity contribution >= 4 is 17.7 Å². The largest absolute Gasteiger partial charge is 0.486 e. The van der Waals surface area contributed by atoms with Crippen LogP contribution in [0.5, 0.6) is 11.5 Å². The minimum absolute atomic E-state index is 0.0639. The Kier molecular flexibility index (Phi) is 6.39. The summed E-state index contributed by atoms with van der Waals surface area (Å²) in [5.74, 6) is 1.55. The molecule has 1 N–H and O–H groups in total. The maximum Gasteiger partial charge on any atom is 0.251 e.